The molecule has 3 aromatic rings. The predicted octanol–water partition coefficient (Wildman–Crippen LogP) is 13.2. The van der Waals surface area contributed by atoms with E-state index >= 15 is 0 Å². The highest BCUT2D eigenvalue weighted by atomic mass is 16.5. The number of nitrogen functional groups attached to an aromatic ring is 1. The number of ether oxygens (including phenoxy) is 2. The Labute approximate surface area is 345 Å². The van der Waals surface area contributed by atoms with Crippen LogP contribution in [0.15, 0.2) is 109 Å². The highest BCUT2D eigenvalue weighted by Crippen LogP contribution is 2.70. The Kier molecular flexibility index (Phi) is 12.4. The van der Waals surface area contributed by atoms with Crippen molar-refractivity contribution >= 4 is 5.69 Å². The van der Waals surface area contributed by atoms with Crippen molar-refractivity contribution in [2.45, 2.75) is 124 Å². The molecule has 0 saturated heterocycles. The second kappa shape index (κ2) is 17.1. The van der Waals surface area contributed by atoms with E-state index in [1.807, 2.05) is 30.3 Å². The van der Waals surface area contributed by atoms with Crippen molar-refractivity contribution in [3.05, 3.63) is 126 Å². The van der Waals surface area contributed by atoms with Crippen molar-refractivity contribution in [3.63, 3.8) is 0 Å². The van der Waals surface area contributed by atoms with E-state index in [1.165, 1.54) is 81.8 Å². The van der Waals surface area contributed by atoms with E-state index in [1.54, 1.807) is 6.08 Å². The van der Waals surface area contributed by atoms with Gasteiger partial charge < -0.3 is 20.9 Å². The van der Waals surface area contributed by atoms with Gasteiger partial charge in [-0.2, -0.15) is 0 Å². The molecule has 4 nitrogen and oxygen atoms in total. The molecule has 9 atom stereocenters. The Hall–Kier alpha value is -3.92. The van der Waals surface area contributed by atoms with E-state index in [9.17, 15) is 0 Å². The lowest BCUT2D eigenvalue weighted by Crippen LogP contribution is -2.55. The van der Waals surface area contributed by atoms with Gasteiger partial charge in [0.25, 0.3) is 0 Å². The van der Waals surface area contributed by atoms with Crippen LogP contribution < -0.4 is 20.9 Å². The van der Waals surface area contributed by atoms with Crippen LogP contribution in [0.4, 0.5) is 5.69 Å². The monoisotopic (exact) mass is 769 g/mol. The molecule has 4 saturated carbocycles. The Morgan fingerprint density at radius 3 is 2.04 bits per heavy atom. The van der Waals surface area contributed by atoms with Crippen LogP contribution in [-0.4, -0.2) is 6.61 Å². The number of rotatable bonds is 15. The first-order valence-corrected chi connectivity index (χ1v) is 22.4. The summed E-state index contributed by atoms with van der Waals surface area (Å²) in [5, 5.41) is 0. The molecule has 0 aliphatic heterocycles. The van der Waals surface area contributed by atoms with Crippen molar-refractivity contribution in [2.75, 3.05) is 12.3 Å². The van der Waals surface area contributed by atoms with Crippen molar-refractivity contribution in [1.82, 2.24) is 0 Å². The van der Waals surface area contributed by atoms with Crippen LogP contribution >= 0.6 is 0 Å². The number of fused-ring (bicyclic) bond motifs is 5. The molecule has 4 aliphatic carbocycles. The third kappa shape index (κ3) is 8.62. The molecule has 9 unspecified atom stereocenters. The minimum absolute atomic E-state index is 0.0636. The fraction of sp³-hybridized carbons (Fsp3) is 0.547. The summed E-state index contributed by atoms with van der Waals surface area (Å²) in [5.41, 5.74) is 18.6. The zero-order valence-corrected chi connectivity index (χ0v) is 35.9. The fourth-order valence-electron chi connectivity index (χ4n) is 13.0. The first-order chi connectivity index (χ1) is 27.3. The molecule has 4 heteroatoms. The Balaban J connectivity index is 1.11. The summed E-state index contributed by atoms with van der Waals surface area (Å²) in [7, 11) is 0. The van der Waals surface area contributed by atoms with E-state index in [0.717, 1.165) is 70.3 Å². The molecule has 306 valence electrons. The van der Waals surface area contributed by atoms with Gasteiger partial charge in [0.1, 0.15) is 24.7 Å². The lowest BCUT2D eigenvalue weighted by molar-refractivity contribution is -0.122. The first-order valence-electron chi connectivity index (χ1n) is 22.4. The average molecular weight is 769 g/mol. The van der Waals surface area contributed by atoms with Crippen LogP contribution in [0.25, 0.3) is 0 Å². The van der Waals surface area contributed by atoms with Gasteiger partial charge in [0.15, 0.2) is 0 Å². The molecule has 0 heterocycles. The minimum atomic E-state index is -0.0636. The van der Waals surface area contributed by atoms with Crippen LogP contribution in [0.3, 0.4) is 0 Å². The van der Waals surface area contributed by atoms with E-state index in [-0.39, 0.29) is 5.41 Å². The summed E-state index contributed by atoms with van der Waals surface area (Å²) in [6, 6.07) is 26.0. The molecule has 3 aromatic carbocycles. The molecule has 4 N–H and O–H groups in total. The summed E-state index contributed by atoms with van der Waals surface area (Å²) < 4.78 is 12.5. The summed E-state index contributed by atoms with van der Waals surface area (Å²) in [6.45, 7) is 21.6. The van der Waals surface area contributed by atoms with Crippen LogP contribution in [0, 0.1) is 52.3 Å². The molecule has 0 radical (unpaired) electrons. The van der Waals surface area contributed by atoms with Gasteiger partial charge in [-0.05, 0) is 175 Å². The molecule has 0 spiro atoms. The smallest absolute Gasteiger partial charge is 0.119 e. The number of allylic oxidation sites excluding steroid dienone is 1. The molecule has 4 aliphatic rings. The zero-order valence-electron chi connectivity index (χ0n) is 35.9. The standard InChI is InChI=1S/C53H72N2O2/c1-36(2)9-8-10-38(4)48-27-28-49-47-26-19-43-33-53(32-31-51(43,6)50(47)29-30-52(48,49)7,41-15-22-45(23-16-41)56-34-37(3)11-12-39(5)54)42-17-24-46(25-18-42)57-35-40-13-20-44(55)21-14-40/h11-18,20-25,36,38,43,47-50H,3,5,8-10,19,26-35,54-55H2,1-2,4,6-7H3/b12-11-. The summed E-state index contributed by atoms with van der Waals surface area (Å²) in [5.74, 6) is 7.70. The molecular weight excluding hydrogens is 697 g/mol. The molecule has 7 rings (SSSR count). The SMILES string of the molecule is C=C(N)/C=C\C(=C)COc1ccc(C2(c3ccc(OCc4ccc(N)cc4)cc3)CCC3(C)C(CCC4C3CCC3(C)C(C(C)CCCC(C)C)CCC43)C2)cc1. The zero-order chi connectivity index (χ0) is 40.4. The summed E-state index contributed by atoms with van der Waals surface area (Å²) in [6.07, 6.45) is 20.0. The van der Waals surface area contributed by atoms with Crippen LogP contribution in [-0.2, 0) is 12.0 Å². The first kappa shape index (κ1) is 41.2. The average Bonchev–Trinajstić information content (AvgIpc) is 3.56. The maximum atomic E-state index is 6.28. The maximum absolute atomic E-state index is 6.28. The highest BCUT2D eigenvalue weighted by molar-refractivity contribution is 5.45. The van der Waals surface area contributed by atoms with E-state index < -0.39 is 0 Å². The Morgan fingerprint density at radius 1 is 0.737 bits per heavy atom. The van der Waals surface area contributed by atoms with Crippen LogP contribution in [0.1, 0.15) is 128 Å². The largest absolute Gasteiger partial charge is 0.489 e. The molecule has 0 bridgehead atoms. The highest BCUT2D eigenvalue weighted by Gasteiger charge is 2.62. The lowest BCUT2D eigenvalue weighted by atomic mass is 9.42. The van der Waals surface area contributed by atoms with Gasteiger partial charge >= 0.3 is 0 Å². The van der Waals surface area contributed by atoms with Gasteiger partial charge in [-0.1, -0.05) is 110 Å². The van der Waals surface area contributed by atoms with Crippen molar-refractivity contribution in [3.8, 4) is 11.5 Å². The van der Waals surface area contributed by atoms with Gasteiger partial charge in [-0.3, -0.25) is 0 Å². The van der Waals surface area contributed by atoms with Gasteiger partial charge in [0.2, 0.25) is 0 Å². The molecule has 0 amide bonds. The van der Waals surface area contributed by atoms with E-state index in [0.29, 0.717) is 35.7 Å². The van der Waals surface area contributed by atoms with Crippen molar-refractivity contribution in [2.24, 2.45) is 58.0 Å². The molecule has 57 heavy (non-hydrogen) atoms. The van der Waals surface area contributed by atoms with Crippen molar-refractivity contribution in [1.29, 1.82) is 0 Å². The number of anilines is 1. The molecule has 4 fully saturated rings. The molecule has 0 aromatic heterocycles. The number of benzene rings is 3. The maximum Gasteiger partial charge on any atom is 0.119 e. The second-order valence-electron chi connectivity index (χ2n) is 19.9. The molecular formula is C53H72N2O2. The topological polar surface area (TPSA) is 70.5 Å². The van der Waals surface area contributed by atoms with E-state index in [4.69, 9.17) is 20.9 Å². The normalized spacial score (nSPS) is 31.3. The van der Waals surface area contributed by atoms with Gasteiger partial charge in [0, 0.05) is 16.8 Å². The fourth-order valence-corrected chi connectivity index (χ4v) is 13.0. The number of hydrogen-bond donors (Lipinski definition) is 2. The quantitative estimate of drug-likeness (QED) is 0.119. The van der Waals surface area contributed by atoms with Crippen molar-refractivity contribution < 1.29 is 9.47 Å². The lowest BCUT2D eigenvalue weighted by Gasteiger charge is -2.63. The van der Waals surface area contributed by atoms with Gasteiger partial charge in [-0.15, -0.1) is 0 Å². The Bertz CT molecular complexity index is 1860. The number of nitrogens with two attached hydrogens (primary N) is 2. The third-order valence-electron chi connectivity index (χ3n) is 16.1. The Morgan fingerprint density at radius 2 is 1.39 bits per heavy atom. The summed E-state index contributed by atoms with van der Waals surface area (Å²) >= 11 is 0. The summed E-state index contributed by atoms with van der Waals surface area (Å²) in [4.78, 5) is 0. The minimum Gasteiger partial charge on any atom is -0.489 e. The van der Waals surface area contributed by atoms with E-state index in [2.05, 4.69) is 96.3 Å². The predicted molar refractivity (Wildman–Crippen MR) is 239 cm³/mol. The number of hydrogen-bond acceptors (Lipinski definition) is 4. The van der Waals surface area contributed by atoms with Crippen LogP contribution in [0.5, 0.6) is 11.5 Å². The van der Waals surface area contributed by atoms with Gasteiger partial charge in [0.05, 0.1) is 0 Å². The third-order valence-corrected chi connectivity index (χ3v) is 16.1. The van der Waals surface area contributed by atoms with Gasteiger partial charge in [-0.25, -0.2) is 0 Å². The second-order valence-corrected chi connectivity index (χ2v) is 19.9. The van der Waals surface area contributed by atoms with Crippen LogP contribution in [0.2, 0.25) is 0 Å².